The van der Waals surface area contributed by atoms with Gasteiger partial charge in [-0.2, -0.15) is 0 Å². The van der Waals surface area contributed by atoms with Crippen molar-refractivity contribution in [3.05, 3.63) is 94.5 Å². The molecule has 2 saturated heterocycles. The number of Topliss-reactive ketones (excluding diaryl/α,β-unsaturated/α-hetero) is 1. The van der Waals surface area contributed by atoms with Crippen LogP contribution in [0.15, 0.2) is 66.7 Å². The summed E-state index contributed by atoms with van der Waals surface area (Å²) < 4.78 is 0. The average Bonchev–Trinajstić information content (AvgIpc) is 3.61. The zero-order chi connectivity index (χ0) is 24.8. The van der Waals surface area contributed by atoms with Crippen molar-refractivity contribution in [2.75, 3.05) is 17.2 Å². The summed E-state index contributed by atoms with van der Waals surface area (Å²) in [5.74, 6) is -1.47. The maximum Gasteiger partial charge on any atom is 0.250 e. The number of carbonyl (C=O) groups excluding carboxylic acids is 3. The molecule has 180 valence electrons. The summed E-state index contributed by atoms with van der Waals surface area (Å²) in [6.07, 6.45) is 1.61. The van der Waals surface area contributed by atoms with E-state index in [1.807, 2.05) is 68.4 Å². The van der Waals surface area contributed by atoms with Gasteiger partial charge in [0.25, 0.3) is 0 Å². The zero-order valence-corrected chi connectivity index (χ0v) is 20.3. The Morgan fingerprint density at radius 2 is 1.64 bits per heavy atom. The molecular weight excluding hydrogens is 450 g/mol. The van der Waals surface area contributed by atoms with E-state index in [1.165, 1.54) is 0 Å². The molecule has 0 radical (unpaired) electrons. The molecule has 0 bridgehead atoms. The molecule has 4 unspecified atom stereocenters. The van der Waals surface area contributed by atoms with Crippen molar-refractivity contribution in [1.29, 1.82) is 0 Å². The molecule has 4 heterocycles. The highest BCUT2D eigenvalue weighted by Crippen LogP contribution is 2.66. The zero-order valence-electron chi connectivity index (χ0n) is 20.3. The minimum Gasteiger partial charge on any atom is -0.325 e. The highest BCUT2D eigenvalue weighted by Gasteiger charge is 2.78. The summed E-state index contributed by atoms with van der Waals surface area (Å²) in [5.41, 5.74) is 3.30. The van der Waals surface area contributed by atoms with Crippen LogP contribution in [0.5, 0.6) is 0 Å². The van der Waals surface area contributed by atoms with Gasteiger partial charge < -0.3 is 10.6 Å². The summed E-state index contributed by atoms with van der Waals surface area (Å²) in [4.78, 5) is 45.4. The van der Waals surface area contributed by atoms with Crippen LogP contribution in [0.1, 0.15) is 45.5 Å². The number of carbonyl (C=O) groups is 3. The Morgan fingerprint density at radius 3 is 2.44 bits per heavy atom. The smallest absolute Gasteiger partial charge is 0.250 e. The number of hydrogen-bond acceptors (Lipinski definition) is 4. The molecule has 0 saturated carbocycles. The summed E-state index contributed by atoms with van der Waals surface area (Å²) in [7, 11) is 0. The average molecular weight is 478 g/mol. The van der Waals surface area contributed by atoms with Gasteiger partial charge in [0.15, 0.2) is 5.78 Å². The number of rotatable bonds is 2. The van der Waals surface area contributed by atoms with Gasteiger partial charge in [-0.25, -0.2) is 0 Å². The maximum absolute atomic E-state index is 14.7. The van der Waals surface area contributed by atoms with Crippen LogP contribution in [0.2, 0.25) is 0 Å². The van der Waals surface area contributed by atoms with E-state index in [2.05, 4.69) is 15.5 Å². The first-order valence-corrected chi connectivity index (χ1v) is 12.6. The molecule has 0 aromatic heterocycles. The number of aryl methyl sites for hydroxylation is 1. The van der Waals surface area contributed by atoms with Crippen molar-refractivity contribution in [2.24, 2.45) is 5.92 Å². The second-order valence-electron chi connectivity index (χ2n) is 10.5. The molecule has 36 heavy (non-hydrogen) atoms. The van der Waals surface area contributed by atoms with Gasteiger partial charge >= 0.3 is 0 Å². The van der Waals surface area contributed by atoms with Gasteiger partial charge in [-0.15, -0.1) is 0 Å². The number of amides is 2. The van der Waals surface area contributed by atoms with Crippen LogP contribution < -0.4 is 10.6 Å². The molecule has 4 aliphatic rings. The lowest BCUT2D eigenvalue weighted by Crippen LogP contribution is -2.55. The van der Waals surface area contributed by atoms with Crippen LogP contribution >= 0.6 is 0 Å². The number of anilines is 2. The Morgan fingerprint density at radius 1 is 0.889 bits per heavy atom. The summed E-state index contributed by atoms with van der Waals surface area (Å²) in [6, 6.07) is 20.6. The lowest BCUT2D eigenvalue weighted by atomic mass is 9.60. The van der Waals surface area contributed by atoms with E-state index in [1.54, 1.807) is 12.1 Å². The number of benzene rings is 3. The third-order valence-electron chi connectivity index (χ3n) is 9.15. The predicted octanol–water partition coefficient (Wildman–Crippen LogP) is 4.32. The van der Waals surface area contributed by atoms with Crippen LogP contribution in [-0.2, 0) is 20.5 Å². The molecule has 2 amide bonds. The number of nitrogens with zero attached hydrogens (tertiary/aromatic N) is 1. The summed E-state index contributed by atoms with van der Waals surface area (Å²) in [6.45, 7) is 4.68. The van der Waals surface area contributed by atoms with Crippen LogP contribution in [0, 0.1) is 19.8 Å². The predicted molar refractivity (Wildman–Crippen MR) is 137 cm³/mol. The van der Waals surface area contributed by atoms with E-state index in [0.29, 0.717) is 12.1 Å². The lowest BCUT2D eigenvalue weighted by Gasteiger charge is -2.38. The first kappa shape index (κ1) is 21.5. The molecule has 7 rings (SSSR count). The van der Waals surface area contributed by atoms with Gasteiger partial charge in [-0.1, -0.05) is 60.7 Å². The first-order chi connectivity index (χ1) is 17.4. The number of fused-ring (bicyclic) bond motifs is 7. The van der Waals surface area contributed by atoms with Gasteiger partial charge in [0, 0.05) is 28.5 Å². The van der Waals surface area contributed by atoms with Crippen LogP contribution in [0.4, 0.5) is 11.4 Å². The van der Waals surface area contributed by atoms with Crippen molar-refractivity contribution in [2.45, 2.75) is 43.7 Å². The SMILES string of the molecule is Cc1ccc2c(c1C)NC(=O)C21C(C(=O)c2ccccc2)C2(C(=O)Nc3ccccc32)C2CCCN21. The maximum atomic E-state index is 14.7. The largest absolute Gasteiger partial charge is 0.325 e. The minimum absolute atomic E-state index is 0.168. The van der Waals surface area contributed by atoms with Crippen molar-refractivity contribution in [3.8, 4) is 0 Å². The number of nitrogens with one attached hydrogen (secondary N) is 2. The van der Waals surface area contributed by atoms with Crippen LogP contribution in [0.25, 0.3) is 0 Å². The van der Waals surface area contributed by atoms with Gasteiger partial charge in [0.2, 0.25) is 11.8 Å². The summed E-state index contributed by atoms with van der Waals surface area (Å²) >= 11 is 0. The van der Waals surface area contributed by atoms with Gasteiger partial charge in [0.1, 0.15) is 11.0 Å². The van der Waals surface area contributed by atoms with Crippen molar-refractivity contribution in [1.82, 2.24) is 4.90 Å². The monoisotopic (exact) mass is 477 g/mol. The summed E-state index contributed by atoms with van der Waals surface area (Å²) in [5, 5.41) is 6.26. The third-order valence-corrected chi connectivity index (χ3v) is 9.15. The quantitative estimate of drug-likeness (QED) is 0.539. The van der Waals surface area contributed by atoms with Crippen LogP contribution in [-0.4, -0.2) is 35.1 Å². The molecule has 4 atom stereocenters. The Balaban J connectivity index is 1.60. The fraction of sp³-hybridized carbons (Fsp3) is 0.300. The van der Waals surface area contributed by atoms with E-state index < -0.39 is 16.9 Å². The first-order valence-electron chi connectivity index (χ1n) is 12.6. The Bertz CT molecular complexity index is 1480. The van der Waals surface area contributed by atoms with Crippen molar-refractivity contribution in [3.63, 3.8) is 0 Å². The van der Waals surface area contributed by atoms with E-state index in [-0.39, 0.29) is 23.6 Å². The molecule has 4 aliphatic heterocycles. The molecule has 6 heteroatoms. The highest BCUT2D eigenvalue weighted by molar-refractivity contribution is 6.19. The van der Waals surface area contributed by atoms with Gasteiger partial charge in [-0.3, -0.25) is 19.3 Å². The fourth-order valence-corrected chi connectivity index (χ4v) is 7.63. The molecule has 3 aromatic carbocycles. The van der Waals surface area contributed by atoms with Crippen molar-refractivity contribution < 1.29 is 14.4 Å². The van der Waals surface area contributed by atoms with E-state index in [0.717, 1.165) is 46.5 Å². The minimum atomic E-state index is -1.27. The molecule has 2 spiro atoms. The Hall–Kier alpha value is -3.77. The molecule has 6 nitrogen and oxygen atoms in total. The molecule has 2 fully saturated rings. The molecule has 2 N–H and O–H groups in total. The van der Waals surface area contributed by atoms with Crippen molar-refractivity contribution >= 4 is 29.0 Å². The van der Waals surface area contributed by atoms with E-state index in [4.69, 9.17) is 0 Å². The van der Waals surface area contributed by atoms with Crippen LogP contribution in [0.3, 0.4) is 0 Å². The fourth-order valence-electron chi connectivity index (χ4n) is 7.63. The van der Waals surface area contributed by atoms with Gasteiger partial charge in [0.05, 0.1) is 5.92 Å². The molecule has 3 aromatic rings. The molecule has 0 aliphatic carbocycles. The topological polar surface area (TPSA) is 78.5 Å². The van der Waals surface area contributed by atoms with E-state index >= 15 is 0 Å². The number of hydrogen-bond donors (Lipinski definition) is 2. The Labute approximate surface area is 209 Å². The number of para-hydroxylation sites is 1. The Kier molecular flexibility index (Phi) is 4.26. The second kappa shape index (κ2) is 7.14. The lowest BCUT2D eigenvalue weighted by molar-refractivity contribution is -0.128. The van der Waals surface area contributed by atoms with E-state index in [9.17, 15) is 14.4 Å². The van der Waals surface area contributed by atoms with Gasteiger partial charge in [-0.05, 0) is 56.0 Å². The third kappa shape index (κ3) is 2.29. The highest BCUT2D eigenvalue weighted by atomic mass is 16.2. The second-order valence-corrected chi connectivity index (χ2v) is 10.5. The normalized spacial score (nSPS) is 29.8. The standard InChI is InChI=1S/C30H27N3O3/c1-17-14-15-21-24(18(17)2)32-28(36)30(21)26(25(34)19-9-4-3-5-10-19)29(23-13-8-16-33(23)30)20-11-6-7-12-22(20)31-27(29)35/h3-7,9-12,14-15,23,26H,8,13,16H2,1-2H3,(H,31,35)(H,32,36). The molecular formula is C30H27N3O3. The number of ketones is 1.